The molecule has 1 rings (SSSR count). The number of guanidine groups is 1. The molecule has 0 radical (unpaired) electrons. The quantitative estimate of drug-likeness (QED) is 0.418. The Bertz CT molecular complexity index is 461. The van der Waals surface area contributed by atoms with Crippen LogP contribution in [0.3, 0.4) is 0 Å². The molecule has 0 bridgehead atoms. The first-order valence-corrected chi connectivity index (χ1v) is 7.91. The summed E-state index contributed by atoms with van der Waals surface area (Å²) < 4.78 is 10.7. The second kappa shape index (κ2) is 10.8. The maximum absolute atomic E-state index is 5.43. The van der Waals surface area contributed by atoms with Crippen LogP contribution in [0.4, 0.5) is 0 Å². The lowest BCUT2D eigenvalue weighted by molar-refractivity contribution is 0.351. The minimum atomic E-state index is 0.634. The lowest BCUT2D eigenvalue weighted by atomic mass is 10.2. The van der Waals surface area contributed by atoms with Crippen molar-refractivity contribution in [1.29, 1.82) is 0 Å². The Morgan fingerprint density at radius 2 is 1.91 bits per heavy atom. The van der Waals surface area contributed by atoms with Crippen molar-refractivity contribution in [2.24, 2.45) is 4.99 Å². The molecule has 22 heavy (non-hydrogen) atoms. The lowest BCUT2D eigenvalue weighted by Gasteiger charge is -2.15. The number of methoxy groups -OCH3 is 2. The van der Waals surface area contributed by atoms with Crippen LogP contribution in [0.5, 0.6) is 11.5 Å². The number of rotatable bonds is 9. The highest BCUT2D eigenvalue weighted by molar-refractivity contribution is 5.79. The van der Waals surface area contributed by atoms with Gasteiger partial charge in [0.25, 0.3) is 0 Å². The molecule has 0 saturated heterocycles. The first-order valence-electron chi connectivity index (χ1n) is 7.91. The molecule has 0 spiro atoms. The maximum Gasteiger partial charge on any atom is 0.191 e. The van der Waals surface area contributed by atoms with Gasteiger partial charge in [-0.05, 0) is 12.5 Å². The summed E-state index contributed by atoms with van der Waals surface area (Å²) >= 11 is 0. The van der Waals surface area contributed by atoms with E-state index in [9.17, 15) is 0 Å². The Morgan fingerprint density at radius 1 is 1.09 bits per heavy atom. The summed E-state index contributed by atoms with van der Waals surface area (Å²) in [6, 6.07) is 5.87. The van der Waals surface area contributed by atoms with Crippen molar-refractivity contribution in [1.82, 2.24) is 10.6 Å². The van der Waals surface area contributed by atoms with Crippen LogP contribution in [-0.4, -0.2) is 33.8 Å². The van der Waals surface area contributed by atoms with Gasteiger partial charge >= 0.3 is 0 Å². The van der Waals surface area contributed by atoms with Gasteiger partial charge in [-0.25, -0.2) is 0 Å². The van der Waals surface area contributed by atoms with Crippen LogP contribution in [0.25, 0.3) is 0 Å². The number of hydrogen-bond acceptors (Lipinski definition) is 3. The summed E-state index contributed by atoms with van der Waals surface area (Å²) in [5.41, 5.74) is 1.04. The summed E-state index contributed by atoms with van der Waals surface area (Å²) in [5, 5.41) is 6.64. The van der Waals surface area contributed by atoms with Gasteiger partial charge < -0.3 is 20.1 Å². The van der Waals surface area contributed by atoms with Crippen LogP contribution in [0.15, 0.2) is 23.2 Å². The van der Waals surface area contributed by atoms with Crippen LogP contribution in [-0.2, 0) is 6.54 Å². The predicted molar refractivity (Wildman–Crippen MR) is 91.9 cm³/mol. The van der Waals surface area contributed by atoms with Crippen LogP contribution in [0, 0.1) is 0 Å². The minimum Gasteiger partial charge on any atom is -0.493 e. The molecule has 0 aliphatic rings. The molecule has 0 saturated carbocycles. The molecule has 0 aliphatic heterocycles. The van der Waals surface area contributed by atoms with Crippen LogP contribution >= 0.6 is 0 Å². The van der Waals surface area contributed by atoms with E-state index in [2.05, 4.69) is 22.5 Å². The molecule has 0 aliphatic carbocycles. The van der Waals surface area contributed by atoms with E-state index < -0.39 is 0 Å². The number of nitrogens with one attached hydrogen (secondary N) is 2. The number of aliphatic imine (C=N–C) groups is 1. The normalized spacial score (nSPS) is 11.2. The second-order valence-electron chi connectivity index (χ2n) is 5.07. The lowest BCUT2D eigenvalue weighted by Crippen LogP contribution is -2.37. The van der Waals surface area contributed by atoms with Gasteiger partial charge in [0.15, 0.2) is 17.5 Å². The monoisotopic (exact) mass is 307 g/mol. The summed E-state index contributed by atoms with van der Waals surface area (Å²) in [6.07, 6.45) is 4.96. The smallest absolute Gasteiger partial charge is 0.191 e. The zero-order valence-corrected chi connectivity index (χ0v) is 14.2. The maximum atomic E-state index is 5.43. The molecule has 0 aromatic heterocycles. The third-order valence-corrected chi connectivity index (χ3v) is 3.48. The summed E-state index contributed by atoms with van der Waals surface area (Å²) in [7, 11) is 5.08. The van der Waals surface area contributed by atoms with E-state index in [1.807, 2.05) is 18.2 Å². The van der Waals surface area contributed by atoms with E-state index in [0.29, 0.717) is 6.54 Å². The standard InChI is InChI=1S/C17H29N3O2/c1-5-6-7-8-12-19-17(18-2)20-13-14-10-9-11-15(21-3)16(14)22-4/h9-11H,5-8,12-13H2,1-4H3,(H2,18,19,20). The number of para-hydroxylation sites is 1. The average Bonchev–Trinajstić information content (AvgIpc) is 2.56. The largest absolute Gasteiger partial charge is 0.493 e. The van der Waals surface area contributed by atoms with Crippen molar-refractivity contribution in [2.75, 3.05) is 27.8 Å². The van der Waals surface area contributed by atoms with Crippen LogP contribution in [0.2, 0.25) is 0 Å². The number of nitrogens with zero attached hydrogens (tertiary/aromatic N) is 1. The van der Waals surface area contributed by atoms with Crippen molar-refractivity contribution >= 4 is 5.96 Å². The van der Waals surface area contributed by atoms with Gasteiger partial charge in [0.1, 0.15) is 0 Å². The Labute approximate surface area is 134 Å². The fourth-order valence-corrected chi connectivity index (χ4v) is 2.25. The van der Waals surface area contributed by atoms with Gasteiger partial charge in [-0.3, -0.25) is 4.99 Å². The number of benzene rings is 1. The molecule has 0 unspecified atom stereocenters. The Hall–Kier alpha value is -1.91. The summed E-state index contributed by atoms with van der Waals surface area (Å²) in [6.45, 7) is 3.79. The van der Waals surface area contributed by atoms with Gasteiger partial charge in [0.2, 0.25) is 0 Å². The summed E-state index contributed by atoms with van der Waals surface area (Å²) in [5.74, 6) is 2.31. The van der Waals surface area contributed by atoms with Gasteiger partial charge in [-0.2, -0.15) is 0 Å². The van der Waals surface area contributed by atoms with Crippen LogP contribution < -0.4 is 20.1 Å². The van der Waals surface area contributed by atoms with Crippen molar-refractivity contribution in [2.45, 2.75) is 39.2 Å². The molecule has 0 fully saturated rings. The van der Waals surface area contributed by atoms with E-state index in [1.54, 1.807) is 21.3 Å². The molecular weight excluding hydrogens is 278 g/mol. The zero-order chi connectivity index (χ0) is 16.2. The van der Waals surface area contributed by atoms with Gasteiger partial charge in [-0.1, -0.05) is 38.3 Å². The first kappa shape index (κ1) is 18.1. The van der Waals surface area contributed by atoms with Gasteiger partial charge in [-0.15, -0.1) is 0 Å². The number of unbranched alkanes of at least 4 members (excludes halogenated alkanes) is 3. The van der Waals surface area contributed by atoms with Crippen molar-refractivity contribution in [3.8, 4) is 11.5 Å². The molecule has 1 aromatic rings. The van der Waals surface area contributed by atoms with Gasteiger partial charge in [0, 0.05) is 25.7 Å². The Balaban J connectivity index is 2.50. The van der Waals surface area contributed by atoms with Crippen molar-refractivity contribution in [3.63, 3.8) is 0 Å². The van der Waals surface area contributed by atoms with E-state index in [1.165, 1.54) is 19.3 Å². The van der Waals surface area contributed by atoms with Gasteiger partial charge in [0.05, 0.1) is 14.2 Å². The zero-order valence-electron chi connectivity index (χ0n) is 14.2. The third kappa shape index (κ3) is 5.84. The molecule has 5 heteroatoms. The fourth-order valence-electron chi connectivity index (χ4n) is 2.25. The van der Waals surface area contributed by atoms with Crippen molar-refractivity contribution in [3.05, 3.63) is 23.8 Å². The first-order chi connectivity index (χ1) is 10.8. The molecule has 0 atom stereocenters. The average molecular weight is 307 g/mol. The Kier molecular flexibility index (Phi) is 8.88. The molecule has 1 aromatic carbocycles. The summed E-state index contributed by atoms with van der Waals surface area (Å²) in [4.78, 5) is 4.24. The molecule has 0 amide bonds. The highest BCUT2D eigenvalue weighted by Crippen LogP contribution is 2.30. The topological polar surface area (TPSA) is 54.9 Å². The SMILES string of the molecule is CCCCCCNC(=NC)NCc1cccc(OC)c1OC. The van der Waals surface area contributed by atoms with E-state index in [0.717, 1.165) is 36.0 Å². The Morgan fingerprint density at radius 3 is 2.55 bits per heavy atom. The van der Waals surface area contributed by atoms with Crippen LogP contribution in [0.1, 0.15) is 38.2 Å². The minimum absolute atomic E-state index is 0.634. The number of ether oxygens (including phenoxy) is 2. The van der Waals surface area contributed by atoms with E-state index in [4.69, 9.17) is 9.47 Å². The number of hydrogen-bond donors (Lipinski definition) is 2. The van der Waals surface area contributed by atoms with E-state index in [-0.39, 0.29) is 0 Å². The highest BCUT2D eigenvalue weighted by Gasteiger charge is 2.09. The van der Waals surface area contributed by atoms with E-state index >= 15 is 0 Å². The highest BCUT2D eigenvalue weighted by atomic mass is 16.5. The second-order valence-corrected chi connectivity index (χ2v) is 5.07. The molecule has 124 valence electrons. The molecule has 0 heterocycles. The third-order valence-electron chi connectivity index (χ3n) is 3.48. The predicted octanol–water partition coefficient (Wildman–Crippen LogP) is 2.95. The molecular formula is C17H29N3O2. The van der Waals surface area contributed by atoms with Crippen molar-refractivity contribution < 1.29 is 9.47 Å². The fraction of sp³-hybridized carbons (Fsp3) is 0.588. The molecule has 2 N–H and O–H groups in total. The molecule has 5 nitrogen and oxygen atoms in total.